The second-order valence-electron chi connectivity index (χ2n) is 15.3. The molecule has 0 spiro atoms. The molecule has 11 aromatic rings. The van der Waals surface area contributed by atoms with Crippen molar-refractivity contribution in [2.45, 2.75) is 12.5 Å². The van der Waals surface area contributed by atoms with Crippen LogP contribution in [0.3, 0.4) is 0 Å². The van der Waals surface area contributed by atoms with Gasteiger partial charge in [0.15, 0.2) is 0 Å². The summed E-state index contributed by atoms with van der Waals surface area (Å²) in [4.78, 5) is 1.40. The summed E-state index contributed by atoms with van der Waals surface area (Å²) in [7, 11) is 0. The van der Waals surface area contributed by atoms with Gasteiger partial charge in [0.1, 0.15) is 0 Å². The van der Waals surface area contributed by atoms with E-state index >= 15 is 0 Å². The van der Waals surface area contributed by atoms with E-state index in [4.69, 9.17) is 0 Å². The maximum Gasteiger partial charge on any atom is 0.0567 e. The van der Waals surface area contributed by atoms with Gasteiger partial charge < -0.3 is 9.13 Å². The summed E-state index contributed by atoms with van der Waals surface area (Å²) in [5.41, 5.74) is 14.9. The normalized spacial score (nSPS) is 14.0. The fraction of sp³-hybridized carbons (Fsp3) is 0.0370. The van der Waals surface area contributed by atoms with Crippen LogP contribution in [-0.4, -0.2) is 9.13 Å². The van der Waals surface area contributed by atoms with Gasteiger partial charge in [-0.1, -0.05) is 133 Å². The van der Waals surface area contributed by atoms with Gasteiger partial charge in [0.05, 0.1) is 17.1 Å². The summed E-state index contributed by atoms with van der Waals surface area (Å²) in [6.45, 7) is 0. The van der Waals surface area contributed by atoms with E-state index in [0.29, 0.717) is 0 Å². The summed E-state index contributed by atoms with van der Waals surface area (Å²) >= 11 is 1.91. The molecule has 0 saturated carbocycles. The van der Waals surface area contributed by atoms with Crippen molar-refractivity contribution in [1.29, 1.82) is 0 Å². The largest absolute Gasteiger partial charge is 0.333 e. The fourth-order valence-corrected chi connectivity index (χ4v) is 10.6. The summed E-state index contributed by atoms with van der Waals surface area (Å²) < 4.78 is 6.39. The highest BCUT2D eigenvalue weighted by Gasteiger charge is 2.24. The number of benzene rings is 8. The number of para-hydroxylation sites is 2. The van der Waals surface area contributed by atoms with Crippen molar-refractivity contribution in [3.05, 3.63) is 205 Å². The molecule has 1 unspecified atom stereocenters. The zero-order valence-corrected chi connectivity index (χ0v) is 32.0. The molecule has 1 aliphatic rings. The van der Waals surface area contributed by atoms with E-state index in [2.05, 4.69) is 209 Å². The number of thiophene rings is 1. The molecule has 0 bridgehead atoms. The minimum Gasteiger partial charge on any atom is -0.333 e. The third-order valence-corrected chi connectivity index (χ3v) is 13.2. The lowest BCUT2D eigenvalue weighted by Gasteiger charge is -2.22. The third kappa shape index (κ3) is 5.16. The summed E-state index contributed by atoms with van der Waals surface area (Å²) in [6, 6.07) is 69.5. The van der Waals surface area contributed by atoms with Crippen molar-refractivity contribution in [1.82, 2.24) is 9.13 Å². The van der Waals surface area contributed by atoms with Gasteiger partial charge in [0.2, 0.25) is 0 Å². The number of hydrogen-bond acceptors (Lipinski definition) is 1. The van der Waals surface area contributed by atoms with Crippen molar-refractivity contribution in [3.63, 3.8) is 0 Å². The van der Waals surface area contributed by atoms with E-state index in [1.807, 2.05) is 11.3 Å². The average Bonchev–Trinajstić information content (AvgIpc) is 3.94. The Hall–Kier alpha value is -6.94. The van der Waals surface area contributed by atoms with E-state index in [9.17, 15) is 0 Å². The Morgan fingerprint density at radius 2 is 0.930 bits per heavy atom. The Morgan fingerprint density at radius 1 is 0.404 bits per heavy atom. The van der Waals surface area contributed by atoms with Gasteiger partial charge in [-0.15, -0.1) is 11.3 Å². The summed E-state index contributed by atoms with van der Waals surface area (Å²) in [6.07, 6.45) is 5.77. The van der Waals surface area contributed by atoms with E-state index in [1.165, 1.54) is 97.5 Å². The van der Waals surface area contributed by atoms with Crippen LogP contribution in [0.1, 0.15) is 16.5 Å². The smallest absolute Gasteiger partial charge is 0.0567 e. The third-order valence-electron chi connectivity index (χ3n) is 12.1. The Balaban J connectivity index is 1.00. The van der Waals surface area contributed by atoms with Crippen LogP contribution in [0.2, 0.25) is 0 Å². The van der Waals surface area contributed by atoms with E-state index in [0.717, 1.165) is 12.1 Å². The zero-order chi connectivity index (χ0) is 37.5. The van der Waals surface area contributed by atoms with Crippen LogP contribution in [0.25, 0.3) is 98.8 Å². The molecule has 0 saturated heterocycles. The lowest BCUT2D eigenvalue weighted by molar-refractivity contribution is 0.640. The first kappa shape index (κ1) is 32.3. The SMILES string of the molecule is C1=CC(n2c3ccccc3c3cc(-c4ccc5c(c4)c4ccccc4n5-c4cc(-c5ccccc5)cc(-c5ccccc5)c4)ccc32)Cc2c1sc1ccccc21. The van der Waals surface area contributed by atoms with Crippen molar-refractivity contribution in [3.8, 4) is 39.1 Å². The van der Waals surface area contributed by atoms with Crippen molar-refractivity contribution < 1.29 is 0 Å². The number of allylic oxidation sites excluding steroid dienone is 1. The van der Waals surface area contributed by atoms with Gasteiger partial charge in [0, 0.05) is 47.8 Å². The molecule has 12 rings (SSSR count). The first-order valence-corrected chi connectivity index (χ1v) is 20.6. The summed E-state index contributed by atoms with van der Waals surface area (Å²) in [5, 5.41) is 6.50. The molecule has 8 aromatic carbocycles. The Bertz CT molecular complexity index is 3320. The highest BCUT2D eigenvalue weighted by molar-refractivity contribution is 7.20. The molecule has 3 aromatic heterocycles. The molecule has 3 heteroatoms. The molecule has 3 heterocycles. The van der Waals surface area contributed by atoms with Crippen LogP contribution in [0.5, 0.6) is 0 Å². The molecule has 268 valence electrons. The van der Waals surface area contributed by atoms with Gasteiger partial charge in [0.25, 0.3) is 0 Å². The van der Waals surface area contributed by atoms with Crippen LogP contribution in [0.4, 0.5) is 0 Å². The number of fused-ring (bicyclic) bond motifs is 9. The molecule has 0 aliphatic heterocycles. The minimum atomic E-state index is 0.244. The molecule has 1 aliphatic carbocycles. The quantitative estimate of drug-likeness (QED) is 0.166. The minimum absolute atomic E-state index is 0.244. The topological polar surface area (TPSA) is 9.86 Å². The second-order valence-corrected chi connectivity index (χ2v) is 16.4. The molecule has 0 radical (unpaired) electrons. The van der Waals surface area contributed by atoms with Crippen LogP contribution in [-0.2, 0) is 6.42 Å². The first-order valence-electron chi connectivity index (χ1n) is 19.8. The molecule has 0 fully saturated rings. The molecule has 2 nitrogen and oxygen atoms in total. The molecule has 57 heavy (non-hydrogen) atoms. The number of rotatable bonds is 5. The highest BCUT2D eigenvalue weighted by atomic mass is 32.1. The zero-order valence-electron chi connectivity index (χ0n) is 31.1. The molecule has 0 amide bonds. The predicted octanol–water partition coefficient (Wildman–Crippen LogP) is 14.9. The maximum atomic E-state index is 2.57. The second kappa shape index (κ2) is 12.8. The first-order chi connectivity index (χ1) is 28.2. The lowest BCUT2D eigenvalue weighted by atomic mass is 9.97. The van der Waals surface area contributed by atoms with Crippen LogP contribution < -0.4 is 0 Å². The Morgan fingerprint density at radius 3 is 1.63 bits per heavy atom. The maximum absolute atomic E-state index is 2.57. The van der Waals surface area contributed by atoms with E-state index in [-0.39, 0.29) is 6.04 Å². The van der Waals surface area contributed by atoms with Gasteiger partial charge in [-0.05, 0) is 117 Å². The fourth-order valence-electron chi connectivity index (χ4n) is 9.42. The molecule has 1 atom stereocenters. The van der Waals surface area contributed by atoms with E-state index in [1.54, 1.807) is 0 Å². The van der Waals surface area contributed by atoms with Crippen LogP contribution >= 0.6 is 11.3 Å². The standard InChI is InChI=1S/C54H36N2S/c1-3-13-35(14-4-1)39-29-40(36-15-5-2-6-16-36)31-42(30-39)56-50-21-11-8-18-44(50)47-33-38(24-27-52(47)56)37-23-26-51-46(32-37)43-17-7-10-20-49(43)55(51)41-25-28-54-48(34-41)45-19-9-12-22-53(45)57-54/h1-33,41H,34H2. The monoisotopic (exact) mass is 744 g/mol. The Labute approximate surface area is 334 Å². The van der Waals surface area contributed by atoms with Crippen molar-refractivity contribution in [2.75, 3.05) is 0 Å². The van der Waals surface area contributed by atoms with E-state index < -0.39 is 0 Å². The Kier molecular flexibility index (Phi) is 7.26. The lowest BCUT2D eigenvalue weighted by Crippen LogP contribution is -2.12. The number of aromatic nitrogens is 2. The molecular weight excluding hydrogens is 709 g/mol. The molecular formula is C54H36N2S. The highest BCUT2D eigenvalue weighted by Crippen LogP contribution is 2.43. The molecule has 0 N–H and O–H groups in total. The van der Waals surface area contributed by atoms with Gasteiger partial charge in [-0.3, -0.25) is 0 Å². The number of nitrogens with zero attached hydrogens (tertiary/aromatic N) is 2. The van der Waals surface area contributed by atoms with Crippen LogP contribution in [0.15, 0.2) is 194 Å². The number of hydrogen-bond donors (Lipinski definition) is 0. The van der Waals surface area contributed by atoms with Crippen molar-refractivity contribution in [2.24, 2.45) is 0 Å². The average molecular weight is 745 g/mol. The van der Waals surface area contributed by atoms with Crippen molar-refractivity contribution >= 4 is 71.1 Å². The summed E-state index contributed by atoms with van der Waals surface area (Å²) in [5.74, 6) is 0. The van der Waals surface area contributed by atoms with Gasteiger partial charge in [-0.2, -0.15) is 0 Å². The van der Waals surface area contributed by atoms with Crippen LogP contribution in [0, 0.1) is 0 Å². The van der Waals surface area contributed by atoms with Gasteiger partial charge in [-0.25, -0.2) is 0 Å². The predicted molar refractivity (Wildman–Crippen MR) is 244 cm³/mol. The van der Waals surface area contributed by atoms with Gasteiger partial charge >= 0.3 is 0 Å².